The molecule has 0 bridgehead atoms. The molecular weight excluding hydrogens is 182 g/mol. The molecule has 1 rings (SSSR count). The summed E-state index contributed by atoms with van der Waals surface area (Å²) in [5.74, 6) is 1.09. The minimum atomic E-state index is 1.09. The number of rotatable bonds is 8. The second-order valence-corrected chi connectivity index (χ2v) is 5.06. The molecule has 0 heterocycles. The highest BCUT2D eigenvalue weighted by Crippen LogP contribution is 2.27. The molecule has 0 aromatic carbocycles. The zero-order valence-corrected chi connectivity index (χ0v) is 10.6. The molecule has 1 nitrogen and oxygen atoms in total. The second kappa shape index (κ2) is 9.21. The number of unbranched alkanes of at least 4 members (excludes halogenated alkanes) is 3. The van der Waals surface area contributed by atoms with E-state index in [1.165, 1.54) is 70.8 Å². The monoisotopic (exact) mass is 211 g/mol. The van der Waals surface area contributed by atoms with Crippen molar-refractivity contribution in [2.24, 2.45) is 5.92 Å². The van der Waals surface area contributed by atoms with Crippen LogP contribution < -0.4 is 5.32 Å². The Labute approximate surface area is 96.0 Å². The van der Waals surface area contributed by atoms with Crippen molar-refractivity contribution < 1.29 is 0 Å². The van der Waals surface area contributed by atoms with Gasteiger partial charge in [0.1, 0.15) is 0 Å². The maximum atomic E-state index is 3.39. The molecule has 0 radical (unpaired) electrons. The van der Waals surface area contributed by atoms with E-state index in [1.807, 2.05) is 0 Å². The summed E-state index contributed by atoms with van der Waals surface area (Å²) in [6.07, 6.45) is 14.8. The fourth-order valence-electron chi connectivity index (χ4n) is 2.69. The van der Waals surface area contributed by atoms with Crippen molar-refractivity contribution in [1.82, 2.24) is 5.32 Å². The Morgan fingerprint density at radius 3 is 2.40 bits per heavy atom. The van der Waals surface area contributed by atoms with Gasteiger partial charge in [-0.2, -0.15) is 0 Å². The standard InChI is InChI=1S/C14H29N/c1-2-15-13-9-4-3-6-10-14-11-7-5-8-12-14/h14-15H,2-13H2,1H3. The molecule has 0 aliphatic heterocycles. The fourth-order valence-corrected chi connectivity index (χ4v) is 2.69. The van der Waals surface area contributed by atoms with E-state index in [1.54, 1.807) is 0 Å². The largest absolute Gasteiger partial charge is 0.317 e. The zero-order valence-electron chi connectivity index (χ0n) is 10.6. The summed E-state index contributed by atoms with van der Waals surface area (Å²) in [7, 11) is 0. The molecule has 1 fully saturated rings. The highest BCUT2D eigenvalue weighted by Gasteiger charge is 2.12. The quantitative estimate of drug-likeness (QED) is 0.595. The van der Waals surface area contributed by atoms with Crippen molar-refractivity contribution in [3.05, 3.63) is 0 Å². The molecule has 0 amide bonds. The average molecular weight is 211 g/mol. The van der Waals surface area contributed by atoms with Crippen molar-refractivity contribution in [2.75, 3.05) is 13.1 Å². The Kier molecular flexibility index (Phi) is 7.99. The van der Waals surface area contributed by atoms with E-state index in [0.717, 1.165) is 12.5 Å². The van der Waals surface area contributed by atoms with E-state index < -0.39 is 0 Å². The lowest BCUT2D eigenvalue weighted by Crippen LogP contribution is -2.13. The second-order valence-electron chi connectivity index (χ2n) is 5.06. The first-order valence-electron chi connectivity index (χ1n) is 7.14. The minimum absolute atomic E-state index is 1.09. The van der Waals surface area contributed by atoms with Gasteiger partial charge in [-0.05, 0) is 25.4 Å². The van der Waals surface area contributed by atoms with Crippen LogP contribution in [0.4, 0.5) is 0 Å². The van der Waals surface area contributed by atoms with Gasteiger partial charge < -0.3 is 5.32 Å². The Morgan fingerprint density at radius 1 is 0.933 bits per heavy atom. The molecular formula is C14H29N. The molecule has 15 heavy (non-hydrogen) atoms. The van der Waals surface area contributed by atoms with Crippen molar-refractivity contribution in [2.45, 2.75) is 71.1 Å². The average Bonchev–Trinajstić information content (AvgIpc) is 2.29. The van der Waals surface area contributed by atoms with Crippen LogP contribution in [0.5, 0.6) is 0 Å². The lowest BCUT2D eigenvalue weighted by atomic mass is 9.85. The summed E-state index contributed by atoms with van der Waals surface area (Å²) >= 11 is 0. The summed E-state index contributed by atoms with van der Waals surface area (Å²) in [4.78, 5) is 0. The predicted octanol–water partition coefficient (Wildman–Crippen LogP) is 4.13. The predicted molar refractivity (Wildman–Crippen MR) is 68.2 cm³/mol. The topological polar surface area (TPSA) is 12.0 Å². The first kappa shape index (κ1) is 13.0. The van der Waals surface area contributed by atoms with E-state index in [9.17, 15) is 0 Å². The summed E-state index contributed by atoms with van der Waals surface area (Å²) in [6, 6.07) is 0. The number of hydrogen-bond donors (Lipinski definition) is 1. The molecule has 0 saturated heterocycles. The maximum absolute atomic E-state index is 3.39. The van der Waals surface area contributed by atoms with Crippen LogP contribution in [0, 0.1) is 5.92 Å². The van der Waals surface area contributed by atoms with Crippen LogP contribution in [0.2, 0.25) is 0 Å². The molecule has 1 aliphatic rings. The zero-order chi connectivity index (χ0) is 10.8. The molecule has 1 aliphatic carbocycles. The summed E-state index contributed by atoms with van der Waals surface area (Å²) in [5, 5.41) is 3.39. The third-order valence-electron chi connectivity index (χ3n) is 3.69. The van der Waals surface area contributed by atoms with Crippen molar-refractivity contribution in [3.63, 3.8) is 0 Å². The third kappa shape index (κ3) is 6.94. The van der Waals surface area contributed by atoms with E-state index in [0.29, 0.717) is 0 Å². The molecule has 0 spiro atoms. The lowest BCUT2D eigenvalue weighted by molar-refractivity contribution is 0.328. The van der Waals surface area contributed by atoms with Crippen LogP contribution >= 0.6 is 0 Å². The lowest BCUT2D eigenvalue weighted by Gasteiger charge is -2.21. The van der Waals surface area contributed by atoms with Crippen molar-refractivity contribution in [3.8, 4) is 0 Å². The molecule has 1 N–H and O–H groups in total. The van der Waals surface area contributed by atoms with Gasteiger partial charge in [-0.15, -0.1) is 0 Å². The first-order valence-corrected chi connectivity index (χ1v) is 7.14. The van der Waals surface area contributed by atoms with Crippen LogP contribution in [0.3, 0.4) is 0 Å². The minimum Gasteiger partial charge on any atom is -0.317 e. The summed E-state index contributed by atoms with van der Waals surface area (Å²) in [5.41, 5.74) is 0. The smallest absolute Gasteiger partial charge is 0.00490 e. The van der Waals surface area contributed by atoms with Crippen molar-refractivity contribution in [1.29, 1.82) is 0 Å². The normalized spacial score (nSPS) is 18.2. The van der Waals surface area contributed by atoms with Gasteiger partial charge in [-0.3, -0.25) is 0 Å². The van der Waals surface area contributed by atoms with E-state index in [-0.39, 0.29) is 0 Å². The fraction of sp³-hybridized carbons (Fsp3) is 1.00. The molecule has 0 unspecified atom stereocenters. The van der Waals surface area contributed by atoms with Gasteiger partial charge in [-0.25, -0.2) is 0 Å². The maximum Gasteiger partial charge on any atom is -0.00490 e. The molecule has 0 aromatic rings. The molecule has 1 saturated carbocycles. The van der Waals surface area contributed by atoms with Gasteiger partial charge >= 0.3 is 0 Å². The Hall–Kier alpha value is -0.0400. The van der Waals surface area contributed by atoms with Gasteiger partial charge in [0.2, 0.25) is 0 Å². The molecule has 0 aromatic heterocycles. The highest BCUT2D eigenvalue weighted by molar-refractivity contribution is 4.65. The van der Waals surface area contributed by atoms with E-state index >= 15 is 0 Å². The van der Waals surface area contributed by atoms with Crippen LogP contribution in [0.15, 0.2) is 0 Å². The van der Waals surface area contributed by atoms with Crippen LogP contribution in [-0.2, 0) is 0 Å². The SMILES string of the molecule is CCNCCCCCCC1CCCCC1. The van der Waals surface area contributed by atoms with Gasteiger partial charge in [0.15, 0.2) is 0 Å². The highest BCUT2D eigenvalue weighted by atomic mass is 14.8. The Bertz CT molecular complexity index is 127. The molecule has 0 atom stereocenters. The van der Waals surface area contributed by atoms with Crippen LogP contribution in [0.25, 0.3) is 0 Å². The van der Waals surface area contributed by atoms with E-state index in [2.05, 4.69) is 12.2 Å². The Balaban J connectivity index is 1.79. The van der Waals surface area contributed by atoms with Gasteiger partial charge in [-0.1, -0.05) is 64.7 Å². The molecule has 1 heteroatoms. The van der Waals surface area contributed by atoms with Crippen molar-refractivity contribution >= 4 is 0 Å². The molecule has 90 valence electrons. The third-order valence-corrected chi connectivity index (χ3v) is 3.69. The van der Waals surface area contributed by atoms with Gasteiger partial charge in [0.05, 0.1) is 0 Å². The van der Waals surface area contributed by atoms with Gasteiger partial charge in [0.25, 0.3) is 0 Å². The number of hydrogen-bond acceptors (Lipinski definition) is 1. The summed E-state index contributed by atoms with van der Waals surface area (Å²) in [6.45, 7) is 4.53. The van der Waals surface area contributed by atoms with Gasteiger partial charge in [0, 0.05) is 0 Å². The summed E-state index contributed by atoms with van der Waals surface area (Å²) < 4.78 is 0. The van der Waals surface area contributed by atoms with Crippen LogP contribution in [-0.4, -0.2) is 13.1 Å². The number of nitrogens with one attached hydrogen (secondary N) is 1. The van der Waals surface area contributed by atoms with E-state index in [4.69, 9.17) is 0 Å². The van der Waals surface area contributed by atoms with Crippen LogP contribution in [0.1, 0.15) is 71.1 Å². The first-order chi connectivity index (χ1) is 7.43. The Morgan fingerprint density at radius 2 is 1.67 bits per heavy atom.